The van der Waals surface area contributed by atoms with E-state index >= 15 is 0 Å². The minimum Gasteiger partial charge on any atom is -0.550 e. The van der Waals surface area contributed by atoms with Crippen LogP contribution in [0, 0.1) is 0 Å². The molecule has 1 N–H and O–H groups in total. The summed E-state index contributed by atoms with van der Waals surface area (Å²) < 4.78 is 0. The maximum Gasteiger partial charge on any atom is 1.00 e. The molecule has 17 heavy (non-hydrogen) atoms. The molecule has 0 aliphatic carbocycles. The second-order valence-electron chi connectivity index (χ2n) is 3.04. The van der Waals surface area contributed by atoms with Crippen LogP contribution in [0.25, 0.3) is 0 Å². The van der Waals surface area contributed by atoms with E-state index in [0.717, 1.165) is 0 Å². The second-order valence-corrected chi connectivity index (χ2v) is 3.04. The van der Waals surface area contributed by atoms with Crippen LogP contribution in [0.2, 0.25) is 0 Å². The molecule has 0 unspecified atom stereocenters. The molecule has 0 bridgehead atoms. The number of carbonyl (C=O) groups is 3. The Labute approximate surface area is 143 Å². The van der Waals surface area contributed by atoms with Gasteiger partial charge in [0.1, 0.15) is 0 Å². The third-order valence-corrected chi connectivity index (χ3v) is 1.61. The van der Waals surface area contributed by atoms with E-state index in [-0.39, 0.29) is 71.1 Å². The van der Waals surface area contributed by atoms with Crippen molar-refractivity contribution < 1.29 is 83.7 Å². The average molecular weight is 259 g/mol. The summed E-state index contributed by atoms with van der Waals surface area (Å²) in [7, 11) is 0. The van der Waals surface area contributed by atoms with Crippen LogP contribution in [0.1, 0.15) is 19.8 Å². The summed E-state index contributed by atoms with van der Waals surface area (Å²) in [5.41, 5.74) is 0.134. The molecule has 0 saturated heterocycles. The minimum atomic E-state index is -1.54. The molecule has 0 fully saturated rings. The Bertz CT molecular complexity index is 306. The van der Waals surface area contributed by atoms with Crippen LogP contribution < -0.4 is 74.6 Å². The first-order chi connectivity index (χ1) is 6.84. The van der Waals surface area contributed by atoms with Gasteiger partial charge in [-0.05, 0) is 19.8 Å². The number of hydrogen-bond donors (Lipinski definition) is 1. The third-order valence-electron chi connectivity index (χ3n) is 1.61. The number of carboxylic acid groups (broad SMARTS) is 2. The van der Waals surface area contributed by atoms with E-state index in [2.05, 4.69) is 11.9 Å². The number of nitrogens with one attached hydrogen (secondary N) is 1. The maximum absolute atomic E-state index is 11.0. The Morgan fingerprint density at radius 2 is 1.71 bits per heavy atom. The van der Waals surface area contributed by atoms with Crippen LogP contribution in [-0.4, -0.2) is 23.9 Å². The Morgan fingerprint density at radius 3 is 2.00 bits per heavy atom. The summed E-state index contributed by atoms with van der Waals surface area (Å²) in [6.07, 6.45) is -0.737. The average Bonchev–Trinajstić information content (AvgIpc) is 2.10. The number of carbonyl (C=O) groups excluding carboxylic acids is 3. The van der Waals surface area contributed by atoms with E-state index in [1.165, 1.54) is 6.92 Å². The van der Waals surface area contributed by atoms with E-state index in [9.17, 15) is 24.6 Å². The van der Waals surface area contributed by atoms with Crippen molar-refractivity contribution in [3.63, 3.8) is 0 Å². The normalized spacial score (nSPS) is 10.2. The van der Waals surface area contributed by atoms with E-state index in [0.29, 0.717) is 0 Å². The van der Waals surface area contributed by atoms with E-state index in [1.54, 1.807) is 0 Å². The molecule has 0 radical (unpaired) electrons. The molecule has 0 aliphatic heterocycles. The predicted octanol–water partition coefficient (Wildman–Crippen LogP) is -8.66. The fourth-order valence-electron chi connectivity index (χ4n) is 0.793. The fraction of sp³-hybridized carbons (Fsp3) is 0.444. The van der Waals surface area contributed by atoms with Crippen molar-refractivity contribution in [3.05, 3.63) is 12.2 Å². The van der Waals surface area contributed by atoms with Crippen LogP contribution in [0.5, 0.6) is 0 Å². The molecule has 1 amide bonds. The Kier molecular flexibility index (Phi) is 14.8. The molecule has 1 atom stereocenters. The van der Waals surface area contributed by atoms with Gasteiger partial charge in [0, 0.05) is 11.5 Å². The molecule has 0 aromatic rings. The van der Waals surface area contributed by atoms with Crippen LogP contribution in [0.15, 0.2) is 12.2 Å². The summed E-state index contributed by atoms with van der Waals surface area (Å²) in [5.74, 6) is -3.57. The number of aliphatic carboxylic acids is 2. The number of rotatable bonds is 6. The molecular formula is C9H11NNa2O5. The standard InChI is InChI=1S/C9H13NO5.2Na/c1-5(2)8(13)10-6(9(14)15)3-4-7(11)12;;/h6H,1,3-4H2,2H3,(H,10,13)(H,11,12)(H,14,15);;/q;2*+1/p-2/t6-;;/m0../s1. The summed E-state index contributed by atoms with van der Waals surface area (Å²) in [4.78, 5) is 31.6. The summed E-state index contributed by atoms with van der Waals surface area (Å²) >= 11 is 0. The molecule has 0 aromatic heterocycles. The summed E-state index contributed by atoms with van der Waals surface area (Å²) in [6, 6.07) is -1.34. The second kappa shape index (κ2) is 11.3. The fourth-order valence-corrected chi connectivity index (χ4v) is 0.793. The van der Waals surface area contributed by atoms with Gasteiger partial charge >= 0.3 is 59.1 Å². The molecule has 8 heteroatoms. The smallest absolute Gasteiger partial charge is 0.550 e. The molecule has 0 saturated carbocycles. The van der Waals surface area contributed by atoms with Crippen molar-refractivity contribution in [1.82, 2.24) is 5.32 Å². The molecule has 0 aromatic carbocycles. The first kappa shape index (κ1) is 22.3. The van der Waals surface area contributed by atoms with Gasteiger partial charge in [0.2, 0.25) is 5.91 Å². The van der Waals surface area contributed by atoms with Gasteiger partial charge in [0.15, 0.2) is 0 Å². The molecular weight excluding hydrogens is 248 g/mol. The molecule has 6 nitrogen and oxygen atoms in total. The molecule has 0 aliphatic rings. The van der Waals surface area contributed by atoms with Crippen molar-refractivity contribution in [2.24, 2.45) is 0 Å². The van der Waals surface area contributed by atoms with Gasteiger partial charge in [0.05, 0.1) is 12.0 Å². The Hall–Kier alpha value is 0.150. The molecule has 0 rings (SSSR count). The SMILES string of the molecule is C=C(C)C(=O)N[C@@H](CCC(=O)[O-])C(=O)[O-].[Na+].[Na+]. The van der Waals surface area contributed by atoms with Crippen molar-refractivity contribution in [2.75, 3.05) is 0 Å². The molecule has 0 spiro atoms. The Morgan fingerprint density at radius 1 is 1.24 bits per heavy atom. The zero-order valence-corrected chi connectivity index (χ0v) is 14.2. The van der Waals surface area contributed by atoms with Gasteiger partial charge in [-0.3, -0.25) is 4.79 Å². The van der Waals surface area contributed by atoms with E-state index in [4.69, 9.17) is 0 Å². The van der Waals surface area contributed by atoms with Crippen molar-refractivity contribution in [1.29, 1.82) is 0 Å². The van der Waals surface area contributed by atoms with E-state index < -0.39 is 30.3 Å². The number of carboxylic acids is 2. The molecule has 0 heterocycles. The van der Waals surface area contributed by atoms with Crippen LogP contribution in [0.3, 0.4) is 0 Å². The minimum absolute atomic E-state index is 0. The quantitative estimate of drug-likeness (QED) is 0.376. The monoisotopic (exact) mass is 259 g/mol. The van der Waals surface area contributed by atoms with Gasteiger partial charge in [-0.15, -0.1) is 0 Å². The zero-order chi connectivity index (χ0) is 12.0. The van der Waals surface area contributed by atoms with Gasteiger partial charge in [-0.1, -0.05) is 6.58 Å². The van der Waals surface area contributed by atoms with Crippen molar-refractivity contribution >= 4 is 17.8 Å². The van der Waals surface area contributed by atoms with Gasteiger partial charge in [-0.2, -0.15) is 0 Å². The third kappa shape index (κ3) is 11.0. The molecule has 84 valence electrons. The van der Waals surface area contributed by atoms with E-state index in [1.807, 2.05) is 0 Å². The van der Waals surface area contributed by atoms with Gasteiger partial charge < -0.3 is 25.1 Å². The Balaban J connectivity index is -0.000000980. The number of amides is 1. The van der Waals surface area contributed by atoms with Crippen molar-refractivity contribution in [3.8, 4) is 0 Å². The first-order valence-electron chi connectivity index (χ1n) is 4.21. The maximum atomic E-state index is 11.0. The van der Waals surface area contributed by atoms with Crippen molar-refractivity contribution in [2.45, 2.75) is 25.8 Å². The van der Waals surface area contributed by atoms with Gasteiger partial charge in [0.25, 0.3) is 0 Å². The van der Waals surface area contributed by atoms with Crippen LogP contribution in [-0.2, 0) is 14.4 Å². The summed E-state index contributed by atoms with van der Waals surface area (Å²) in [5, 5.41) is 22.7. The topological polar surface area (TPSA) is 109 Å². The first-order valence-corrected chi connectivity index (χ1v) is 4.21. The van der Waals surface area contributed by atoms with Crippen LogP contribution in [0.4, 0.5) is 0 Å². The largest absolute Gasteiger partial charge is 1.00 e. The predicted molar refractivity (Wildman–Crippen MR) is 46.0 cm³/mol. The van der Waals surface area contributed by atoms with Crippen LogP contribution >= 0.6 is 0 Å². The zero-order valence-electron chi connectivity index (χ0n) is 10.2. The number of hydrogen-bond acceptors (Lipinski definition) is 5. The summed E-state index contributed by atoms with van der Waals surface area (Å²) in [6.45, 7) is 4.71. The van der Waals surface area contributed by atoms with Gasteiger partial charge in [-0.25, -0.2) is 0 Å².